The first-order valence-corrected chi connectivity index (χ1v) is 7.85. The molecule has 0 amide bonds. The molecule has 1 aromatic carbocycles. The van der Waals surface area contributed by atoms with Gasteiger partial charge in [0.2, 0.25) is 0 Å². The van der Waals surface area contributed by atoms with Crippen LogP contribution in [0.3, 0.4) is 0 Å². The molecule has 0 bridgehead atoms. The van der Waals surface area contributed by atoms with Gasteiger partial charge in [-0.2, -0.15) is 0 Å². The van der Waals surface area contributed by atoms with Gasteiger partial charge in [0.1, 0.15) is 11.6 Å². The van der Waals surface area contributed by atoms with Crippen LogP contribution in [0.2, 0.25) is 0 Å². The number of thiophene rings is 1. The van der Waals surface area contributed by atoms with Gasteiger partial charge in [0.15, 0.2) is 0 Å². The number of halogens is 2. The van der Waals surface area contributed by atoms with Crippen LogP contribution in [0.15, 0.2) is 35.7 Å². The number of rotatable bonds is 7. The normalized spacial score (nSPS) is 12.8. The molecule has 2 nitrogen and oxygen atoms in total. The third-order valence-corrected chi connectivity index (χ3v) is 4.39. The topological polar surface area (TPSA) is 29.3 Å². The zero-order valence-electron chi connectivity index (χ0n) is 12.1. The monoisotopic (exact) mass is 310 g/mol. The van der Waals surface area contributed by atoms with Crippen LogP contribution in [0.25, 0.3) is 0 Å². The van der Waals surface area contributed by atoms with Gasteiger partial charge in [0, 0.05) is 23.5 Å². The fourth-order valence-electron chi connectivity index (χ4n) is 2.18. The highest BCUT2D eigenvalue weighted by Gasteiger charge is 2.10. The minimum atomic E-state index is -0.577. The number of hydrogen-bond acceptors (Lipinski definition) is 3. The lowest BCUT2D eigenvalue weighted by molar-refractivity contribution is 0.323. The second-order valence-corrected chi connectivity index (χ2v) is 6.26. The van der Waals surface area contributed by atoms with E-state index in [2.05, 4.69) is 22.4 Å². The summed E-state index contributed by atoms with van der Waals surface area (Å²) >= 11 is 1.75. The first-order chi connectivity index (χ1) is 10.0. The Labute approximate surface area is 128 Å². The molecule has 0 aliphatic rings. The summed E-state index contributed by atoms with van der Waals surface area (Å²) in [5.74, 6) is -1.15. The van der Waals surface area contributed by atoms with Crippen molar-refractivity contribution < 1.29 is 8.78 Å². The van der Waals surface area contributed by atoms with Gasteiger partial charge in [0.05, 0.1) is 0 Å². The van der Waals surface area contributed by atoms with Crippen molar-refractivity contribution in [1.29, 1.82) is 0 Å². The van der Waals surface area contributed by atoms with Gasteiger partial charge in [-0.3, -0.25) is 0 Å². The molecule has 0 saturated heterocycles. The number of benzene rings is 1. The van der Waals surface area contributed by atoms with E-state index in [0.29, 0.717) is 12.0 Å². The van der Waals surface area contributed by atoms with Crippen molar-refractivity contribution in [2.24, 2.45) is 5.73 Å². The summed E-state index contributed by atoms with van der Waals surface area (Å²) in [6.45, 7) is 1.75. The molecule has 2 aromatic rings. The fourth-order valence-corrected chi connectivity index (χ4v) is 2.88. The number of hydrogen-bond donors (Lipinski definition) is 1. The lowest BCUT2D eigenvalue weighted by Gasteiger charge is -2.19. The Balaban J connectivity index is 1.78. The summed E-state index contributed by atoms with van der Waals surface area (Å²) in [7, 11) is 2.03. The zero-order chi connectivity index (χ0) is 15.2. The number of likely N-dealkylation sites (N-methyl/N-ethyl adjacent to an activating group) is 1. The predicted octanol–water partition coefficient (Wildman–Crippen LogP) is 3.59. The van der Waals surface area contributed by atoms with E-state index in [1.54, 1.807) is 11.3 Å². The van der Waals surface area contributed by atoms with Crippen LogP contribution >= 0.6 is 11.3 Å². The van der Waals surface area contributed by atoms with Crippen molar-refractivity contribution in [2.45, 2.75) is 18.9 Å². The summed E-state index contributed by atoms with van der Waals surface area (Å²) in [5.41, 5.74) is 6.53. The molecule has 1 aromatic heterocycles. The average molecular weight is 310 g/mol. The van der Waals surface area contributed by atoms with Gasteiger partial charge >= 0.3 is 0 Å². The van der Waals surface area contributed by atoms with Crippen molar-refractivity contribution in [1.82, 2.24) is 4.90 Å². The molecule has 1 heterocycles. The van der Waals surface area contributed by atoms with E-state index >= 15 is 0 Å². The molecular weight excluding hydrogens is 290 g/mol. The van der Waals surface area contributed by atoms with Crippen LogP contribution in [0.1, 0.15) is 22.9 Å². The minimum absolute atomic E-state index is 0.348. The Morgan fingerprint density at radius 2 is 1.90 bits per heavy atom. The molecule has 0 saturated carbocycles. The lowest BCUT2D eigenvalue weighted by Crippen LogP contribution is -2.25. The quantitative estimate of drug-likeness (QED) is 0.847. The Bertz CT molecular complexity index is 537. The Morgan fingerprint density at radius 3 is 2.52 bits per heavy atom. The summed E-state index contributed by atoms with van der Waals surface area (Å²) < 4.78 is 26.3. The average Bonchev–Trinajstić information content (AvgIpc) is 2.94. The molecule has 2 rings (SSSR count). The van der Waals surface area contributed by atoms with Crippen molar-refractivity contribution in [3.63, 3.8) is 0 Å². The summed E-state index contributed by atoms with van der Waals surface area (Å²) in [6, 6.07) is 7.30. The van der Waals surface area contributed by atoms with E-state index in [4.69, 9.17) is 5.73 Å². The SMILES string of the molecule is CN(CCc1cccs1)CCC(N)c1cc(F)cc(F)c1. The van der Waals surface area contributed by atoms with Gasteiger partial charge in [-0.1, -0.05) is 6.07 Å². The molecule has 0 spiro atoms. The molecule has 0 aliphatic heterocycles. The molecule has 2 N–H and O–H groups in total. The lowest BCUT2D eigenvalue weighted by atomic mass is 10.0. The van der Waals surface area contributed by atoms with Crippen LogP contribution in [0.4, 0.5) is 8.78 Å². The van der Waals surface area contributed by atoms with Crippen LogP contribution in [-0.4, -0.2) is 25.0 Å². The molecule has 0 aliphatic carbocycles. The van der Waals surface area contributed by atoms with E-state index in [1.165, 1.54) is 17.0 Å². The first kappa shape index (κ1) is 16.1. The molecule has 21 heavy (non-hydrogen) atoms. The van der Waals surface area contributed by atoms with E-state index in [-0.39, 0.29) is 6.04 Å². The van der Waals surface area contributed by atoms with Gasteiger partial charge in [-0.05, 0) is 55.6 Å². The van der Waals surface area contributed by atoms with Gasteiger partial charge in [-0.25, -0.2) is 8.78 Å². The van der Waals surface area contributed by atoms with E-state index in [0.717, 1.165) is 25.6 Å². The third-order valence-electron chi connectivity index (χ3n) is 3.45. The molecule has 1 unspecified atom stereocenters. The number of nitrogens with zero attached hydrogens (tertiary/aromatic N) is 1. The highest BCUT2D eigenvalue weighted by Crippen LogP contribution is 2.17. The van der Waals surface area contributed by atoms with Gasteiger partial charge in [-0.15, -0.1) is 11.3 Å². The van der Waals surface area contributed by atoms with E-state index in [9.17, 15) is 8.78 Å². The number of nitrogens with two attached hydrogens (primary N) is 1. The highest BCUT2D eigenvalue weighted by molar-refractivity contribution is 7.09. The molecule has 1 atom stereocenters. The first-order valence-electron chi connectivity index (χ1n) is 6.97. The Kier molecular flexibility index (Phi) is 5.85. The predicted molar refractivity (Wildman–Crippen MR) is 83.4 cm³/mol. The molecule has 0 fully saturated rings. The van der Waals surface area contributed by atoms with Crippen LogP contribution in [-0.2, 0) is 6.42 Å². The largest absolute Gasteiger partial charge is 0.324 e. The van der Waals surface area contributed by atoms with Crippen LogP contribution < -0.4 is 5.73 Å². The smallest absolute Gasteiger partial charge is 0.126 e. The third kappa shape index (κ3) is 5.19. The second-order valence-electron chi connectivity index (χ2n) is 5.23. The maximum absolute atomic E-state index is 13.2. The second kappa shape index (κ2) is 7.64. The fraction of sp³-hybridized carbons (Fsp3) is 0.375. The summed E-state index contributed by atoms with van der Waals surface area (Å²) in [4.78, 5) is 3.55. The van der Waals surface area contributed by atoms with Crippen LogP contribution in [0.5, 0.6) is 0 Å². The van der Waals surface area contributed by atoms with Gasteiger partial charge in [0.25, 0.3) is 0 Å². The maximum Gasteiger partial charge on any atom is 0.126 e. The van der Waals surface area contributed by atoms with Crippen LogP contribution in [0, 0.1) is 11.6 Å². The zero-order valence-corrected chi connectivity index (χ0v) is 12.9. The van der Waals surface area contributed by atoms with Crippen molar-refractivity contribution >= 4 is 11.3 Å². The molecule has 0 radical (unpaired) electrons. The van der Waals surface area contributed by atoms with Crippen molar-refractivity contribution in [2.75, 3.05) is 20.1 Å². The standard InChI is InChI=1S/C16H20F2N2S/c1-20(6-4-15-3-2-8-21-15)7-5-16(19)12-9-13(17)11-14(18)10-12/h2-3,8-11,16H,4-7,19H2,1H3. The molecule has 5 heteroatoms. The Morgan fingerprint density at radius 1 is 1.19 bits per heavy atom. The van der Waals surface area contributed by atoms with E-state index in [1.807, 2.05) is 7.05 Å². The van der Waals surface area contributed by atoms with Crippen molar-refractivity contribution in [3.05, 3.63) is 57.8 Å². The maximum atomic E-state index is 13.2. The summed E-state index contributed by atoms with van der Waals surface area (Å²) in [5, 5.41) is 2.07. The summed E-state index contributed by atoms with van der Waals surface area (Å²) in [6.07, 6.45) is 1.68. The highest BCUT2D eigenvalue weighted by atomic mass is 32.1. The Hall–Kier alpha value is -1.30. The molecular formula is C16H20F2N2S. The minimum Gasteiger partial charge on any atom is -0.324 e. The molecule has 114 valence electrons. The van der Waals surface area contributed by atoms with Crippen molar-refractivity contribution in [3.8, 4) is 0 Å². The van der Waals surface area contributed by atoms with Gasteiger partial charge < -0.3 is 10.6 Å². The van der Waals surface area contributed by atoms with E-state index < -0.39 is 11.6 Å².